The number of fused-ring (bicyclic) bond motifs is 1. The summed E-state index contributed by atoms with van der Waals surface area (Å²) in [4.78, 5) is 38.7. The van der Waals surface area contributed by atoms with Crippen molar-refractivity contribution in [3.63, 3.8) is 0 Å². The molecule has 0 bridgehead atoms. The van der Waals surface area contributed by atoms with Crippen LogP contribution in [0.25, 0.3) is 10.9 Å². The lowest BCUT2D eigenvalue weighted by Gasteiger charge is -2.28. The van der Waals surface area contributed by atoms with Crippen LogP contribution in [0.3, 0.4) is 0 Å². The average Bonchev–Trinajstić information content (AvgIpc) is 2.67. The third kappa shape index (κ3) is 6.52. The maximum atomic E-state index is 12.7. The molecule has 2 amide bonds. The van der Waals surface area contributed by atoms with Crippen molar-refractivity contribution in [2.75, 3.05) is 4.90 Å². The first kappa shape index (κ1) is 24.2. The summed E-state index contributed by atoms with van der Waals surface area (Å²) < 4.78 is 16.7. The van der Waals surface area contributed by atoms with Crippen LogP contribution in [-0.4, -0.2) is 38.3 Å². The highest BCUT2D eigenvalue weighted by molar-refractivity contribution is 6.30. The van der Waals surface area contributed by atoms with E-state index in [4.69, 9.17) is 25.8 Å². The van der Waals surface area contributed by atoms with Gasteiger partial charge in [0.25, 0.3) is 0 Å². The van der Waals surface area contributed by atoms with Gasteiger partial charge in [-0.3, -0.25) is 4.98 Å². The Morgan fingerprint density at radius 1 is 0.879 bits per heavy atom. The number of carbonyl (C=O) groups is 2. The van der Waals surface area contributed by atoms with Crippen LogP contribution in [0.5, 0.6) is 11.5 Å². The number of imide groups is 1. The van der Waals surface area contributed by atoms with E-state index in [1.54, 1.807) is 72.1 Å². The lowest BCUT2D eigenvalue weighted by molar-refractivity contribution is 0.0429. The van der Waals surface area contributed by atoms with Crippen LogP contribution >= 0.6 is 11.6 Å². The molecule has 3 heterocycles. The topological polar surface area (TPSA) is 104 Å². The molecule has 0 aliphatic heterocycles. The van der Waals surface area contributed by atoms with Crippen molar-refractivity contribution in [3.8, 4) is 11.5 Å². The molecule has 10 heteroatoms. The highest BCUT2D eigenvalue weighted by Crippen LogP contribution is 2.30. The molecule has 0 aliphatic rings. The maximum absolute atomic E-state index is 12.7. The molecule has 0 aliphatic carbocycles. The molecule has 0 atom stereocenters. The average molecular weight is 473 g/mol. The number of halogens is 1. The predicted octanol–water partition coefficient (Wildman–Crippen LogP) is 6.15. The molecule has 3 aromatic heterocycles. The fraction of sp³-hybridized carbons (Fsp3) is 0.348. The number of carbonyl (C=O) groups excluding carboxylic acids is 2. The zero-order chi connectivity index (χ0) is 24.4. The Hall–Kier alpha value is -3.46. The van der Waals surface area contributed by atoms with E-state index in [9.17, 15) is 9.59 Å². The lowest BCUT2D eigenvalue weighted by atomic mass is 10.2. The zero-order valence-corrected chi connectivity index (χ0v) is 20.0. The Morgan fingerprint density at radius 3 is 2.06 bits per heavy atom. The van der Waals surface area contributed by atoms with Crippen LogP contribution in [0.15, 0.2) is 42.9 Å². The number of ether oxygens (including phenoxy) is 3. The van der Waals surface area contributed by atoms with Crippen molar-refractivity contribution in [3.05, 3.63) is 48.0 Å². The van der Waals surface area contributed by atoms with Gasteiger partial charge in [-0.15, -0.1) is 0 Å². The van der Waals surface area contributed by atoms with E-state index in [1.807, 2.05) is 0 Å². The van der Waals surface area contributed by atoms with Crippen LogP contribution in [0, 0.1) is 0 Å². The minimum atomic E-state index is -0.903. The van der Waals surface area contributed by atoms with Crippen LogP contribution < -0.4 is 9.64 Å². The van der Waals surface area contributed by atoms with E-state index >= 15 is 0 Å². The fourth-order valence-electron chi connectivity index (χ4n) is 2.66. The summed E-state index contributed by atoms with van der Waals surface area (Å²) in [5.74, 6) is 0.889. The molecule has 9 nitrogen and oxygen atoms in total. The first-order valence-corrected chi connectivity index (χ1v) is 10.5. The van der Waals surface area contributed by atoms with Crippen LogP contribution in [0.4, 0.5) is 15.4 Å². The van der Waals surface area contributed by atoms with Gasteiger partial charge in [0.15, 0.2) is 0 Å². The van der Waals surface area contributed by atoms with Crippen LogP contribution in [0.2, 0.25) is 5.15 Å². The third-order valence-corrected chi connectivity index (χ3v) is 4.09. The van der Waals surface area contributed by atoms with Gasteiger partial charge in [-0.05, 0) is 65.8 Å². The second-order valence-corrected chi connectivity index (χ2v) is 9.47. The van der Waals surface area contributed by atoms with Crippen LogP contribution in [-0.2, 0) is 9.47 Å². The van der Waals surface area contributed by atoms with E-state index in [2.05, 4.69) is 15.0 Å². The van der Waals surface area contributed by atoms with Crippen molar-refractivity contribution in [2.24, 2.45) is 0 Å². The molecule has 0 fully saturated rings. The molecular weight excluding hydrogens is 448 g/mol. The molecule has 0 spiro atoms. The van der Waals surface area contributed by atoms with Gasteiger partial charge in [0, 0.05) is 11.6 Å². The molecule has 3 rings (SSSR count). The monoisotopic (exact) mass is 472 g/mol. The number of pyridine rings is 3. The molecule has 3 aromatic rings. The van der Waals surface area contributed by atoms with Gasteiger partial charge in [0.2, 0.25) is 0 Å². The summed E-state index contributed by atoms with van der Waals surface area (Å²) in [6, 6.07) is 6.36. The smallest absolute Gasteiger partial charge is 0.425 e. The van der Waals surface area contributed by atoms with Crippen molar-refractivity contribution < 1.29 is 23.8 Å². The number of amides is 2. The van der Waals surface area contributed by atoms with Crippen LogP contribution in [0.1, 0.15) is 41.5 Å². The summed E-state index contributed by atoms with van der Waals surface area (Å²) in [7, 11) is 0. The van der Waals surface area contributed by atoms with Crippen molar-refractivity contribution in [2.45, 2.75) is 52.7 Å². The molecule has 0 unspecified atom stereocenters. The molecule has 0 saturated heterocycles. The molecule has 0 radical (unpaired) electrons. The third-order valence-electron chi connectivity index (χ3n) is 3.88. The number of nitrogens with zero attached hydrogens (tertiary/aromatic N) is 4. The van der Waals surface area contributed by atoms with E-state index < -0.39 is 23.4 Å². The Balaban J connectivity index is 1.89. The zero-order valence-electron chi connectivity index (χ0n) is 19.2. The van der Waals surface area contributed by atoms with E-state index in [0.29, 0.717) is 27.6 Å². The first-order chi connectivity index (χ1) is 15.3. The minimum absolute atomic E-state index is 0.0256. The molecule has 0 N–H and O–H groups in total. The number of aromatic nitrogens is 3. The summed E-state index contributed by atoms with van der Waals surface area (Å²) in [5, 5.41) is 0.977. The van der Waals surface area contributed by atoms with Crippen molar-refractivity contribution in [1.82, 2.24) is 15.0 Å². The normalized spacial score (nSPS) is 11.7. The molecule has 0 aromatic carbocycles. The van der Waals surface area contributed by atoms with Gasteiger partial charge < -0.3 is 14.2 Å². The van der Waals surface area contributed by atoms with Gasteiger partial charge >= 0.3 is 12.2 Å². The summed E-state index contributed by atoms with van der Waals surface area (Å²) in [6.45, 7) is 10.2. The fourth-order valence-corrected chi connectivity index (χ4v) is 2.81. The first-order valence-electron chi connectivity index (χ1n) is 10.1. The summed E-state index contributed by atoms with van der Waals surface area (Å²) in [5.41, 5.74) is -1.03. The maximum Gasteiger partial charge on any atom is 0.425 e. The standard InChI is InChI=1S/C23H25ClN4O5/c1-22(2,3)32-20(29)28(21(30)33-23(4,5)6)19-8-7-14(12-27-19)31-17-9-10-25-16-13-26-18(24)11-15(16)17/h7-13H,1-6H3. The SMILES string of the molecule is CC(C)(C)OC(=O)N(C(=O)OC(C)(C)C)c1ccc(Oc2ccnc3cnc(Cl)cc23)cn1. The van der Waals surface area contributed by atoms with Gasteiger partial charge in [-0.1, -0.05) is 11.6 Å². The molecule has 33 heavy (non-hydrogen) atoms. The number of hydrogen-bond acceptors (Lipinski definition) is 8. The van der Waals surface area contributed by atoms with Gasteiger partial charge in [0.05, 0.1) is 17.9 Å². The number of anilines is 1. The summed E-state index contributed by atoms with van der Waals surface area (Å²) in [6.07, 6.45) is 2.71. The second-order valence-electron chi connectivity index (χ2n) is 9.08. The van der Waals surface area contributed by atoms with Gasteiger partial charge in [-0.2, -0.15) is 4.90 Å². The van der Waals surface area contributed by atoms with Gasteiger partial charge in [-0.25, -0.2) is 19.6 Å². The van der Waals surface area contributed by atoms with Crippen molar-refractivity contribution in [1.29, 1.82) is 0 Å². The van der Waals surface area contributed by atoms with E-state index in [0.717, 1.165) is 4.90 Å². The van der Waals surface area contributed by atoms with Gasteiger partial charge in [0.1, 0.15) is 33.7 Å². The van der Waals surface area contributed by atoms with E-state index in [1.165, 1.54) is 12.3 Å². The predicted molar refractivity (Wildman–Crippen MR) is 124 cm³/mol. The minimum Gasteiger partial charge on any atom is -0.455 e. The second kappa shape index (κ2) is 9.19. The quantitative estimate of drug-likeness (QED) is 0.418. The lowest BCUT2D eigenvalue weighted by Crippen LogP contribution is -2.44. The van der Waals surface area contributed by atoms with E-state index in [-0.39, 0.29) is 5.82 Å². The molecule has 0 saturated carbocycles. The summed E-state index contributed by atoms with van der Waals surface area (Å²) >= 11 is 6.00. The molecule has 174 valence electrons. The highest BCUT2D eigenvalue weighted by Gasteiger charge is 2.33. The molecular formula is C23H25ClN4O5. The van der Waals surface area contributed by atoms with Crippen molar-refractivity contribution >= 4 is 40.5 Å². The number of hydrogen-bond donors (Lipinski definition) is 0. The Kier molecular flexibility index (Phi) is 6.73. The largest absolute Gasteiger partial charge is 0.455 e. The Morgan fingerprint density at radius 2 is 1.52 bits per heavy atom. The Bertz CT molecular complexity index is 1140. The number of rotatable bonds is 3. The highest BCUT2D eigenvalue weighted by atomic mass is 35.5. The Labute approximate surface area is 196 Å².